The lowest BCUT2D eigenvalue weighted by molar-refractivity contribution is -0.127. The minimum absolute atomic E-state index is 0.0498. The number of carbonyl (C=O) groups is 1. The maximum atomic E-state index is 11.4. The molecule has 0 aromatic carbocycles. The van der Waals surface area contributed by atoms with Gasteiger partial charge in [0.1, 0.15) is 0 Å². The molecule has 78 valence electrons. The van der Waals surface area contributed by atoms with Crippen LogP contribution in [0.15, 0.2) is 0 Å². The van der Waals surface area contributed by atoms with Crippen LogP contribution in [0.3, 0.4) is 0 Å². The van der Waals surface area contributed by atoms with Gasteiger partial charge in [-0.15, -0.1) is 11.8 Å². The van der Waals surface area contributed by atoms with Crippen LogP contribution in [0.1, 0.15) is 20.3 Å². The molecule has 13 heavy (non-hydrogen) atoms. The first-order chi connectivity index (χ1) is 5.95. The van der Waals surface area contributed by atoms with Crippen molar-refractivity contribution < 1.29 is 4.79 Å². The fourth-order valence-electron chi connectivity index (χ4n) is 0.866. The zero-order chi connectivity index (χ0) is 10.4. The molecule has 0 aliphatic heterocycles. The lowest BCUT2D eigenvalue weighted by atomic mass is 10.3. The molecule has 0 heterocycles. The molecule has 0 aromatic heterocycles. The molecule has 2 unspecified atom stereocenters. The summed E-state index contributed by atoms with van der Waals surface area (Å²) in [6.45, 7) is 3.92. The van der Waals surface area contributed by atoms with Crippen molar-refractivity contribution >= 4 is 17.7 Å². The normalized spacial score (nSPS) is 15.2. The molecule has 0 saturated heterocycles. The molecule has 0 saturated carbocycles. The van der Waals surface area contributed by atoms with Gasteiger partial charge in [-0.3, -0.25) is 4.79 Å². The van der Waals surface area contributed by atoms with E-state index in [2.05, 4.69) is 0 Å². The van der Waals surface area contributed by atoms with Gasteiger partial charge in [-0.05, 0) is 26.0 Å². The number of carbonyl (C=O) groups excluding carboxylic acids is 1. The summed E-state index contributed by atoms with van der Waals surface area (Å²) in [4.78, 5) is 13.0. The average Bonchev–Trinajstić information content (AvgIpc) is 2.02. The fraction of sp³-hybridized carbons (Fsp3) is 0.889. The second-order valence-corrected chi connectivity index (χ2v) is 4.96. The zero-order valence-corrected chi connectivity index (χ0v) is 9.73. The lowest BCUT2D eigenvalue weighted by Gasteiger charge is -2.16. The van der Waals surface area contributed by atoms with Gasteiger partial charge in [0.25, 0.3) is 0 Å². The minimum Gasteiger partial charge on any atom is -0.348 e. The number of nitrogens with two attached hydrogens (primary N) is 1. The molecular formula is C9H20N2OS. The van der Waals surface area contributed by atoms with E-state index in [4.69, 9.17) is 5.73 Å². The maximum absolute atomic E-state index is 11.4. The molecule has 0 bridgehead atoms. The molecule has 1 amide bonds. The molecule has 0 aliphatic carbocycles. The third-order valence-corrected chi connectivity index (χ3v) is 2.90. The molecule has 0 rings (SSSR count). The van der Waals surface area contributed by atoms with Crippen LogP contribution in [0.4, 0.5) is 0 Å². The van der Waals surface area contributed by atoms with E-state index in [0.717, 1.165) is 12.2 Å². The predicted octanol–water partition coefficient (Wildman–Crippen LogP) is 0.934. The number of hydrogen-bond donors (Lipinski definition) is 1. The van der Waals surface area contributed by atoms with Gasteiger partial charge in [0.05, 0.1) is 5.25 Å². The second kappa shape index (κ2) is 6.27. The summed E-state index contributed by atoms with van der Waals surface area (Å²) < 4.78 is 0. The van der Waals surface area contributed by atoms with E-state index in [9.17, 15) is 4.79 Å². The Morgan fingerprint density at radius 3 is 2.38 bits per heavy atom. The topological polar surface area (TPSA) is 46.3 Å². The minimum atomic E-state index is 0.0498. The van der Waals surface area contributed by atoms with Crippen molar-refractivity contribution in [2.45, 2.75) is 31.6 Å². The largest absolute Gasteiger partial charge is 0.348 e. The molecule has 4 heteroatoms. The molecule has 3 nitrogen and oxygen atoms in total. The Morgan fingerprint density at radius 2 is 2.00 bits per heavy atom. The first-order valence-corrected chi connectivity index (χ1v) is 5.58. The van der Waals surface area contributed by atoms with Crippen LogP contribution in [-0.2, 0) is 4.79 Å². The van der Waals surface area contributed by atoms with Crippen molar-refractivity contribution in [2.24, 2.45) is 5.73 Å². The Balaban J connectivity index is 3.62. The van der Waals surface area contributed by atoms with Crippen LogP contribution in [0, 0.1) is 0 Å². The fourth-order valence-corrected chi connectivity index (χ4v) is 2.08. The van der Waals surface area contributed by atoms with Gasteiger partial charge in [0.15, 0.2) is 0 Å². The molecular weight excluding hydrogens is 184 g/mol. The summed E-state index contributed by atoms with van der Waals surface area (Å²) in [7, 11) is 3.57. The van der Waals surface area contributed by atoms with Crippen LogP contribution in [0.5, 0.6) is 0 Å². The van der Waals surface area contributed by atoms with Gasteiger partial charge >= 0.3 is 0 Å². The van der Waals surface area contributed by atoms with E-state index in [1.54, 1.807) is 30.8 Å². The summed E-state index contributed by atoms with van der Waals surface area (Å²) in [5.74, 6) is 1.13. The first kappa shape index (κ1) is 12.8. The first-order valence-electron chi connectivity index (χ1n) is 4.53. The van der Waals surface area contributed by atoms with E-state index in [1.165, 1.54) is 0 Å². The maximum Gasteiger partial charge on any atom is 0.234 e. The summed E-state index contributed by atoms with van der Waals surface area (Å²) in [6, 6.07) is 0.231. The van der Waals surface area contributed by atoms with E-state index in [1.807, 2.05) is 13.8 Å². The summed E-state index contributed by atoms with van der Waals surface area (Å²) >= 11 is 1.67. The Labute approximate surface area is 85.0 Å². The molecule has 0 fully saturated rings. The lowest BCUT2D eigenvalue weighted by Crippen LogP contribution is -2.30. The Bertz CT molecular complexity index is 160. The Morgan fingerprint density at radius 1 is 1.46 bits per heavy atom. The molecule has 2 atom stereocenters. The zero-order valence-electron chi connectivity index (χ0n) is 8.91. The van der Waals surface area contributed by atoms with Crippen molar-refractivity contribution in [3.05, 3.63) is 0 Å². The van der Waals surface area contributed by atoms with E-state index in [0.29, 0.717) is 0 Å². The van der Waals surface area contributed by atoms with Crippen molar-refractivity contribution in [3.63, 3.8) is 0 Å². The van der Waals surface area contributed by atoms with Crippen LogP contribution < -0.4 is 5.73 Å². The summed E-state index contributed by atoms with van der Waals surface area (Å²) in [5, 5.41) is 0.0498. The van der Waals surface area contributed by atoms with Gasteiger partial charge in [-0.1, -0.05) is 0 Å². The van der Waals surface area contributed by atoms with Crippen molar-refractivity contribution in [1.29, 1.82) is 0 Å². The van der Waals surface area contributed by atoms with Crippen molar-refractivity contribution in [1.82, 2.24) is 4.90 Å². The van der Waals surface area contributed by atoms with Gasteiger partial charge in [-0.25, -0.2) is 0 Å². The number of nitrogens with zero attached hydrogens (tertiary/aromatic N) is 1. The monoisotopic (exact) mass is 204 g/mol. The second-order valence-electron chi connectivity index (χ2n) is 3.51. The quantitative estimate of drug-likeness (QED) is 0.725. The molecule has 2 N–H and O–H groups in total. The highest BCUT2D eigenvalue weighted by molar-refractivity contribution is 8.00. The van der Waals surface area contributed by atoms with Gasteiger partial charge in [0, 0.05) is 20.1 Å². The Hall–Kier alpha value is -0.220. The van der Waals surface area contributed by atoms with E-state index >= 15 is 0 Å². The van der Waals surface area contributed by atoms with E-state index in [-0.39, 0.29) is 17.2 Å². The van der Waals surface area contributed by atoms with E-state index < -0.39 is 0 Å². The van der Waals surface area contributed by atoms with Crippen LogP contribution in [0.25, 0.3) is 0 Å². The molecule has 0 aromatic rings. The Kier molecular flexibility index (Phi) is 6.16. The molecule has 0 aliphatic rings. The van der Waals surface area contributed by atoms with Crippen LogP contribution in [-0.4, -0.2) is 41.9 Å². The highest BCUT2D eigenvalue weighted by atomic mass is 32.2. The molecule has 0 spiro atoms. The molecule has 0 radical (unpaired) electrons. The standard InChI is InChI=1S/C9H20N2OS/c1-7(10)5-6-13-8(2)9(12)11(3)4/h7-8H,5-6,10H2,1-4H3. The van der Waals surface area contributed by atoms with Crippen molar-refractivity contribution in [2.75, 3.05) is 19.8 Å². The van der Waals surface area contributed by atoms with Gasteiger partial charge in [-0.2, -0.15) is 0 Å². The predicted molar refractivity (Wildman–Crippen MR) is 58.9 cm³/mol. The highest BCUT2D eigenvalue weighted by Crippen LogP contribution is 2.13. The number of amides is 1. The highest BCUT2D eigenvalue weighted by Gasteiger charge is 2.14. The number of thioether (sulfide) groups is 1. The van der Waals surface area contributed by atoms with Crippen LogP contribution in [0.2, 0.25) is 0 Å². The third kappa shape index (κ3) is 5.93. The van der Waals surface area contributed by atoms with Crippen LogP contribution >= 0.6 is 11.8 Å². The number of rotatable bonds is 5. The summed E-state index contributed by atoms with van der Waals surface area (Å²) in [6.07, 6.45) is 0.968. The van der Waals surface area contributed by atoms with Crippen molar-refractivity contribution in [3.8, 4) is 0 Å². The SMILES string of the molecule is CC(N)CCSC(C)C(=O)N(C)C. The number of hydrogen-bond acceptors (Lipinski definition) is 3. The smallest absolute Gasteiger partial charge is 0.234 e. The third-order valence-electron chi connectivity index (χ3n) is 1.73. The van der Waals surface area contributed by atoms with Gasteiger partial charge < -0.3 is 10.6 Å². The summed E-state index contributed by atoms with van der Waals surface area (Å²) in [5.41, 5.74) is 5.61. The van der Waals surface area contributed by atoms with Gasteiger partial charge in [0.2, 0.25) is 5.91 Å². The average molecular weight is 204 g/mol.